The zero-order valence-corrected chi connectivity index (χ0v) is 31.9. The van der Waals surface area contributed by atoms with Gasteiger partial charge in [-0.05, 0) is 121 Å². The van der Waals surface area contributed by atoms with Gasteiger partial charge in [-0.2, -0.15) is 0 Å². The van der Waals surface area contributed by atoms with Crippen LogP contribution in [0.3, 0.4) is 0 Å². The molecule has 0 spiro atoms. The molecular weight excluding hydrogens is 681 g/mol. The summed E-state index contributed by atoms with van der Waals surface area (Å²) in [7, 11) is 0. The molecule has 5 unspecified atom stereocenters. The first-order valence-corrected chi connectivity index (χ1v) is 21.2. The Morgan fingerprint density at radius 1 is 0.714 bits per heavy atom. The summed E-state index contributed by atoms with van der Waals surface area (Å²) in [6, 6.07) is 34.8. The number of fused-ring (bicyclic) bond motifs is 11. The molecule has 5 atom stereocenters. The van der Waals surface area contributed by atoms with Crippen LogP contribution in [0.25, 0.3) is 38.6 Å². The number of hydrogen-bond acceptors (Lipinski definition) is 3. The van der Waals surface area contributed by atoms with E-state index in [4.69, 9.17) is 0 Å². The van der Waals surface area contributed by atoms with Crippen LogP contribution in [-0.2, 0) is 0 Å². The molecule has 0 fully saturated rings. The van der Waals surface area contributed by atoms with Crippen LogP contribution >= 0.6 is 0 Å². The third-order valence-electron chi connectivity index (χ3n) is 13.8. The monoisotopic (exact) mass is 728 g/mol. The summed E-state index contributed by atoms with van der Waals surface area (Å²) in [6.45, 7) is 0. The van der Waals surface area contributed by atoms with Crippen molar-refractivity contribution in [2.75, 3.05) is 4.90 Å². The maximum Gasteiger partial charge on any atom is 0.0862 e. The Kier molecular flexibility index (Phi) is 7.58. The Hall–Kier alpha value is -5.58. The van der Waals surface area contributed by atoms with Crippen molar-refractivity contribution in [3.05, 3.63) is 179 Å². The predicted octanol–water partition coefficient (Wildman–Crippen LogP) is 12.1. The van der Waals surface area contributed by atoms with Crippen molar-refractivity contribution in [1.29, 1.82) is 0 Å². The fourth-order valence-electron chi connectivity index (χ4n) is 11.3. The van der Waals surface area contributed by atoms with E-state index in [1.807, 2.05) is 0 Å². The zero-order chi connectivity index (χ0) is 36.7. The van der Waals surface area contributed by atoms with Crippen LogP contribution in [0.15, 0.2) is 156 Å². The molecule has 4 nitrogen and oxygen atoms in total. The van der Waals surface area contributed by atoms with E-state index >= 15 is 0 Å². The van der Waals surface area contributed by atoms with Gasteiger partial charge in [0.1, 0.15) is 0 Å². The largest absolute Gasteiger partial charge is 0.369 e. The second-order valence-corrected chi connectivity index (χ2v) is 16.9. The highest BCUT2D eigenvalue weighted by molar-refractivity contribution is 6.01. The van der Waals surface area contributed by atoms with Crippen molar-refractivity contribution in [3.8, 4) is 0 Å². The van der Waals surface area contributed by atoms with E-state index in [9.17, 15) is 0 Å². The molecule has 0 saturated carbocycles. The minimum Gasteiger partial charge on any atom is -0.369 e. The Labute approximate surface area is 330 Å². The number of benzene rings is 4. The van der Waals surface area contributed by atoms with Gasteiger partial charge in [-0.15, -0.1) is 0 Å². The van der Waals surface area contributed by atoms with Crippen LogP contribution < -0.4 is 15.5 Å². The molecule has 276 valence electrons. The summed E-state index contributed by atoms with van der Waals surface area (Å²) in [5, 5.41) is 12.1. The SMILES string of the molecule is C1=CC2=C(CC1)c1c(n(C3=CCCCC3)c3ccccc13)C1C2c2ccccc2N1C1=CCC(C2NC(c3ccc4ccccc4c3)=C3C=CCCC3N2)C=C1. The number of hydrogen-bond donors (Lipinski definition) is 2. The average molecular weight is 729 g/mol. The summed E-state index contributed by atoms with van der Waals surface area (Å²) in [4.78, 5) is 2.74. The van der Waals surface area contributed by atoms with Crippen LogP contribution in [0.1, 0.15) is 92.1 Å². The lowest BCUT2D eigenvalue weighted by Gasteiger charge is -2.42. The quantitative estimate of drug-likeness (QED) is 0.193. The van der Waals surface area contributed by atoms with E-state index in [-0.39, 0.29) is 12.2 Å². The summed E-state index contributed by atoms with van der Waals surface area (Å²) in [6.07, 6.45) is 30.1. The van der Waals surface area contributed by atoms with Crippen LogP contribution in [0.2, 0.25) is 0 Å². The van der Waals surface area contributed by atoms with E-state index in [0.717, 1.165) is 38.5 Å². The Morgan fingerprint density at radius 3 is 2.48 bits per heavy atom. The maximum absolute atomic E-state index is 4.07. The number of nitrogens with one attached hydrogen (secondary N) is 2. The molecule has 0 saturated heterocycles. The molecule has 56 heavy (non-hydrogen) atoms. The molecule has 0 radical (unpaired) electrons. The molecule has 0 amide bonds. The summed E-state index contributed by atoms with van der Waals surface area (Å²) < 4.78 is 2.73. The molecule has 2 N–H and O–H groups in total. The van der Waals surface area contributed by atoms with Crippen molar-refractivity contribution in [3.63, 3.8) is 0 Å². The summed E-state index contributed by atoms with van der Waals surface area (Å²) >= 11 is 0. The van der Waals surface area contributed by atoms with Crippen LogP contribution in [0.4, 0.5) is 5.69 Å². The second-order valence-electron chi connectivity index (χ2n) is 16.9. The van der Waals surface area contributed by atoms with Crippen LogP contribution in [0.5, 0.6) is 0 Å². The Morgan fingerprint density at radius 2 is 1.57 bits per heavy atom. The van der Waals surface area contributed by atoms with Gasteiger partial charge in [0.25, 0.3) is 0 Å². The van der Waals surface area contributed by atoms with E-state index in [1.165, 1.54) is 97.2 Å². The molecule has 4 heteroatoms. The predicted molar refractivity (Wildman–Crippen MR) is 233 cm³/mol. The number of para-hydroxylation sites is 2. The van der Waals surface area contributed by atoms with Crippen molar-refractivity contribution < 1.29 is 0 Å². The Bertz CT molecular complexity index is 2670. The van der Waals surface area contributed by atoms with Crippen molar-refractivity contribution in [2.45, 2.75) is 82.0 Å². The normalized spacial score (nSPS) is 26.4. The molecule has 12 rings (SSSR count). The maximum atomic E-state index is 4.07. The highest BCUT2D eigenvalue weighted by atomic mass is 15.2. The lowest BCUT2D eigenvalue weighted by atomic mass is 9.73. The molecule has 3 heterocycles. The highest BCUT2D eigenvalue weighted by Gasteiger charge is 2.49. The van der Waals surface area contributed by atoms with Gasteiger partial charge in [0.2, 0.25) is 0 Å². The first-order chi connectivity index (χ1) is 27.8. The van der Waals surface area contributed by atoms with Gasteiger partial charge >= 0.3 is 0 Å². The number of nitrogens with zero attached hydrogens (tertiary/aromatic N) is 2. The molecule has 7 aliphatic rings. The summed E-state index contributed by atoms with van der Waals surface area (Å²) in [5.41, 5.74) is 17.1. The number of rotatable bonds is 4. The first kappa shape index (κ1) is 32.6. The third kappa shape index (κ3) is 4.94. The van der Waals surface area contributed by atoms with Crippen molar-refractivity contribution in [2.24, 2.45) is 5.92 Å². The molecule has 5 aromatic rings. The standard InChI is InChI=1S/C52H48N4/c1-2-16-37(17-3-1)55-45-24-12-9-21-42(45)47-39-18-6-7-19-40(39)48-43-22-10-13-25-46(43)56(51(48)50(47)55)38-30-28-34(29-31-38)52-53-44-23-11-8-20-41(44)49(54-52)36-27-26-33-14-4-5-15-35(33)32-36/h4-5,7-10,12-16,19-22,24-28,30-32,34,44,48,51-54H,1-3,6,11,17-18,23,29H2. The molecular formula is C52H48N4. The van der Waals surface area contributed by atoms with Gasteiger partial charge in [-0.3, -0.25) is 5.32 Å². The van der Waals surface area contributed by atoms with Gasteiger partial charge in [-0.25, -0.2) is 0 Å². The molecule has 4 aromatic carbocycles. The molecule has 1 aromatic heterocycles. The Balaban J connectivity index is 0.944. The zero-order valence-electron chi connectivity index (χ0n) is 31.9. The van der Waals surface area contributed by atoms with E-state index in [2.05, 4.69) is 160 Å². The smallest absolute Gasteiger partial charge is 0.0862 e. The van der Waals surface area contributed by atoms with Gasteiger partial charge in [0.15, 0.2) is 0 Å². The fourth-order valence-corrected chi connectivity index (χ4v) is 11.3. The van der Waals surface area contributed by atoms with Gasteiger partial charge < -0.3 is 14.8 Å². The lowest BCUT2D eigenvalue weighted by molar-refractivity contribution is 0.327. The van der Waals surface area contributed by atoms with E-state index in [0.29, 0.717) is 17.9 Å². The number of anilines is 1. The third-order valence-corrected chi connectivity index (χ3v) is 13.8. The van der Waals surface area contributed by atoms with Gasteiger partial charge in [0.05, 0.1) is 23.4 Å². The van der Waals surface area contributed by atoms with Crippen LogP contribution in [-0.4, -0.2) is 16.8 Å². The molecule has 0 bridgehead atoms. The second kappa shape index (κ2) is 13.0. The minimum absolute atomic E-state index is 0.145. The molecule has 2 aliphatic heterocycles. The minimum atomic E-state index is 0.145. The number of allylic oxidation sites excluding steroid dienone is 8. The van der Waals surface area contributed by atoms with Crippen molar-refractivity contribution in [1.82, 2.24) is 15.2 Å². The van der Waals surface area contributed by atoms with Gasteiger partial charge in [-0.1, -0.05) is 115 Å². The first-order valence-electron chi connectivity index (χ1n) is 21.2. The number of aromatic nitrogens is 1. The average Bonchev–Trinajstić information content (AvgIpc) is 3.80. The summed E-state index contributed by atoms with van der Waals surface area (Å²) in [5.74, 6) is 0.616. The van der Waals surface area contributed by atoms with E-state index in [1.54, 1.807) is 5.57 Å². The van der Waals surface area contributed by atoms with Crippen molar-refractivity contribution >= 4 is 44.3 Å². The van der Waals surface area contributed by atoms with Gasteiger partial charge in [0, 0.05) is 51.6 Å². The van der Waals surface area contributed by atoms with Crippen LogP contribution in [0, 0.1) is 5.92 Å². The topological polar surface area (TPSA) is 32.2 Å². The lowest BCUT2D eigenvalue weighted by Crippen LogP contribution is -2.55. The van der Waals surface area contributed by atoms with E-state index < -0.39 is 0 Å². The highest BCUT2D eigenvalue weighted by Crippen LogP contribution is 2.62. The molecule has 5 aliphatic carbocycles. The fraction of sp³-hybridized carbons (Fsp3) is 0.269.